The second-order valence-corrected chi connectivity index (χ2v) is 8.11. The molecule has 0 aromatic heterocycles. The third kappa shape index (κ3) is 4.95. The Labute approximate surface area is 192 Å². The molecule has 0 bridgehead atoms. The van der Waals surface area contributed by atoms with Crippen LogP contribution in [0, 0.1) is 5.92 Å². The van der Waals surface area contributed by atoms with Crippen molar-refractivity contribution in [3.8, 4) is 11.1 Å². The molecule has 2 N–H and O–H groups in total. The summed E-state index contributed by atoms with van der Waals surface area (Å²) in [5.74, 6) is -1.75. The van der Waals surface area contributed by atoms with Gasteiger partial charge < -0.3 is 15.4 Å². The number of methoxy groups -OCH3 is 1. The van der Waals surface area contributed by atoms with Gasteiger partial charge in [-0.15, -0.1) is 0 Å². The quantitative estimate of drug-likeness (QED) is 0.499. The predicted octanol–water partition coefficient (Wildman–Crippen LogP) is 3.10. The van der Waals surface area contributed by atoms with Crippen molar-refractivity contribution in [3.63, 3.8) is 0 Å². The van der Waals surface area contributed by atoms with E-state index in [0.717, 1.165) is 16.7 Å². The van der Waals surface area contributed by atoms with E-state index in [2.05, 4.69) is 21.9 Å². The third-order valence-corrected chi connectivity index (χ3v) is 5.45. The highest BCUT2D eigenvalue weighted by atomic mass is 16.5. The minimum Gasteiger partial charge on any atom is -0.467 e. The van der Waals surface area contributed by atoms with Crippen LogP contribution < -0.4 is 10.6 Å². The van der Waals surface area contributed by atoms with Crippen molar-refractivity contribution in [2.75, 3.05) is 12.4 Å². The fourth-order valence-electron chi connectivity index (χ4n) is 3.48. The van der Waals surface area contributed by atoms with Gasteiger partial charge in [-0.05, 0) is 41.8 Å². The van der Waals surface area contributed by atoms with Gasteiger partial charge in [-0.25, -0.2) is 4.79 Å². The molecule has 172 valence electrons. The summed E-state index contributed by atoms with van der Waals surface area (Å²) in [4.78, 5) is 50.3. The molecule has 0 spiro atoms. The first-order valence-electron chi connectivity index (χ1n) is 10.6. The second-order valence-electron chi connectivity index (χ2n) is 8.11. The normalized spacial score (nSPS) is 13.4. The van der Waals surface area contributed by atoms with Crippen LogP contribution in [-0.2, 0) is 25.7 Å². The molecule has 0 saturated carbocycles. The van der Waals surface area contributed by atoms with Crippen molar-refractivity contribution >= 4 is 29.4 Å². The summed E-state index contributed by atoms with van der Waals surface area (Å²) in [6, 6.07) is 11.9. The zero-order valence-corrected chi connectivity index (χ0v) is 19.1. The third-order valence-electron chi connectivity index (χ3n) is 5.45. The highest BCUT2D eigenvalue weighted by Gasteiger charge is 2.34. The first-order valence-corrected chi connectivity index (χ1v) is 10.6. The Hall–Kier alpha value is -3.94. The van der Waals surface area contributed by atoms with Crippen LogP contribution in [-0.4, -0.2) is 41.7 Å². The topological polar surface area (TPSA) is 105 Å². The number of fused-ring (bicyclic) bond motifs is 1. The van der Waals surface area contributed by atoms with Gasteiger partial charge in [0, 0.05) is 17.2 Å². The molecule has 8 nitrogen and oxygen atoms in total. The number of nitrogens with one attached hydrogen (secondary N) is 2. The summed E-state index contributed by atoms with van der Waals surface area (Å²) in [6.45, 7) is 9.08. The molecular formula is C25H27N3O5. The average Bonchev–Trinajstić information content (AvgIpc) is 3.14. The van der Waals surface area contributed by atoms with E-state index in [4.69, 9.17) is 0 Å². The Bertz CT molecular complexity index is 1120. The smallest absolute Gasteiger partial charge is 0.328 e. The van der Waals surface area contributed by atoms with E-state index in [9.17, 15) is 19.2 Å². The van der Waals surface area contributed by atoms with Gasteiger partial charge in [-0.3, -0.25) is 19.3 Å². The van der Waals surface area contributed by atoms with Crippen LogP contribution in [0.5, 0.6) is 0 Å². The van der Waals surface area contributed by atoms with Crippen molar-refractivity contribution in [1.82, 2.24) is 10.2 Å². The van der Waals surface area contributed by atoms with E-state index in [0.29, 0.717) is 11.3 Å². The lowest BCUT2D eigenvalue weighted by Crippen LogP contribution is -2.43. The van der Waals surface area contributed by atoms with Gasteiger partial charge in [-0.1, -0.05) is 44.7 Å². The predicted molar refractivity (Wildman–Crippen MR) is 124 cm³/mol. The lowest BCUT2D eigenvalue weighted by molar-refractivity contribution is -0.144. The van der Waals surface area contributed by atoms with Crippen LogP contribution in [0.1, 0.15) is 36.7 Å². The van der Waals surface area contributed by atoms with Gasteiger partial charge in [-0.2, -0.15) is 0 Å². The van der Waals surface area contributed by atoms with Crippen LogP contribution in [0.15, 0.2) is 54.7 Å². The van der Waals surface area contributed by atoms with Crippen LogP contribution >= 0.6 is 0 Å². The molecule has 8 heteroatoms. The summed E-state index contributed by atoms with van der Waals surface area (Å²) in [7, 11) is 1.23. The first-order chi connectivity index (χ1) is 15.6. The number of benzene rings is 2. The number of esters is 1. The van der Waals surface area contributed by atoms with Crippen molar-refractivity contribution < 1.29 is 23.9 Å². The summed E-state index contributed by atoms with van der Waals surface area (Å²) in [6.07, 6.45) is 0. The summed E-state index contributed by atoms with van der Waals surface area (Å²) < 4.78 is 4.61. The van der Waals surface area contributed by atoms with E-state index in [1.165, 1.54) is 18.9 Å². The van der Waals surface area contributed by atoms with Crippen molar-refractivity contribution in [2.45, 2.75) is 33.4 Å². The largest absolute Gasteiger partial charge is 0.467 e. The number of amides is 3. The first kappa shape index (κ1) is 23.7. The molecule has 0 radical (unpaired) electrons. The molecule has 1 unspecified atom stereocenters. The minimum absolute atomic E-state index is 0.0513. The highest BCUT2D eigenvalue weighted by Crippen LogP contribution is 2.34. The zero-order valence-electron chi connectivity index (χ0n) is 19.1. The maximum atomic E-state index is 13.0. The fraction of sp³-hybridized carbons (Fsp3) is 0.280. The van der Waals surface area contributed by atoms with Crippen LogP contribution in [0.2, 0.25) is 0 Å². The van der Waals surface area contributed by atoms with Crippen LogP contribution in [0.4, 0.5) is 5.69 Å². The van der Waals surface area contributed by atoms with Crippen molar-refractivity contribution in [2.24, 2.45) is 5.92 Å². The van der Waals surface area contributed by atoms with Gasteiger partial charge in [0.2, 0.25) is 5.91 Å². The molecule has 3 amide bonds. The number of carbonyl (C=O) groups excluding carboxylic acids is 4. The zero-order chi connectivity index (χ0) is 24.3. The van der Waals surface area contributed by atoms with E-state index < -0.39 is 17.9 Å². The van der Waals surface area contributed by atoms with E-state index in [1.807, 2.05) is 44.2 Å². The monoisotopic (exact) mass is 449 g/mol. The van der Waals surface area contributed by atoms with Gasteiger partial charge >= 0.3 is 5.97 Å². The molecule has 2 aromatic rings. The number of carbonyl (C=O) groups is 4. The molecule has 1 heterocycles. The van der Waals surface area contributed by atoms with Gasteiger partial charge in [0.1, 0.15) is 11.7 Å². The van der Waals surface area contributed by atoms with Crippen LogP contribution in [0.3, 0.4) is 0 Å². The minimum atomic E-state index is -0.871. The number of nitrogens with zero attached hydrogens (tertiary/aromatic N) is 1. The maximum absolute atomic E-state index is 13.0. The van der Waals surface area contributed by atoms with Crippen LogP contribution in [0.25, 0.3) is 11.1 Å². The summed E-state index contributed by atoms with van der Waals surface area (Å²) >= 11 is 0. The Kier molecular flexibility index (Phi) is 6.96. The lowest BCUT2D eigenvalue weighted by Gasteiger charge is -2.20. The number of rotatable bonds is 7. The molecule has 0 aliphatic carbocycles. The molecule has 0 fully saturated rings. The second kappa shape index (κ2) is 9.68. The van der Waals surface area contributed by atoms with E-state index >= 15 is 0 Å². The molecule has 1 aliphatic heterocycles. The van der Waals surface area contributed by atoms with Crippen molar-refractivity contribution in [1.29, 1.82) is 0 Å². The molecule has 2 aromatic carbocycles. The molecule has 1 atom stereocenters. The SMILES string of the molecule is C=C(C(=O)NC(C)C(=O)OC)N1Cc2c(cccc2-c2ccc(NC(=O)C(C)C)cc2)C1=O. The lowest BCUT2D eigenvalue weighted by atomic mass is 9.97. The van der Waals surface area contributed by atoms with E-state index in [-0.39, 0.29) is 30.0 Å². The summed E-state index contributed by atoms with van der Waals surface area (Å²) in [5.41, 5.74) is 3.62. The van der Waals surface area contributed by atoms with E-state index in [1.54, 1.807) is 12.1 Å². The average molecular weight is 450 g/mol. The maximum Gasteiger partial charge on any atom is 0.328 e. The number of hydrogen-bond acceptors (Lipinski definition) is 5. The van der Waals surface area contributed by atoms with Gasteiger partial charge in [0.25, 0.3) is 11.8 Å². The Balaban J connectivity index is 1.80. The fourth-order valence-corrected chi connectivity index (χ4v) is 3.48. The molecule has 1 aliphatic rings. The molecule has 33 heavy (non-hydrogen) atoms. The van der Waals surface area contributed by atoms with Gasteiger partial charge in [0.15, 0.2) is 0 Å². The number of anilines is 1. The van der Waals surface area contributed by atoms with Crippen molar-refractivity contribution in [3.05, 3.63) is 65.9 Å². The molecular weight excluding hydrogens is 422 g/mol. The number of ether oxygens (including phenoxy) is 1. The standard InChI is InChI=1S/C25H27N3O5/c1-14(2)22(29)27-18-11-9-17(10-12-18)19-7-6-8-20-21(19)13-28(24(20)31)16(4)23(30)26-15(3)25(32)33-5/h6-12,14-15H,4,13H2,1-3,5H3,(H,26,30)(H,27,29). The summed E-state index contributed by atoms with van der Waals surface area (Å²) in [5, 5.41) is 5.34. The Morgan fingerprint density at radius 3 is 2.27 bits per heavy atom. The Morgan fingerprint density at radius 1 is 1.03 bits per heavy atom. The molecule has 3 rings (SSSR count). The highest BCUT2D eigenvalue weighted by molar-refractivity contribution is 6.07. The van der Waals surface area contributed by atoms with Gasteiger partial charge in [0.05, 0.1) is 13.7 Å². The number of hydrogen-bond donors (Lipinski definition) is 2. The Morgan fingerprint density at radius 2 is 1.67 bits per heavy atom. The molecule has 0 saturated heterocycles.